The Bertz CT molecular complexity index is 780. The number of benzene rings is 1. The molecule has 0 bridgehead atoms. The molecular formula is C13H15N3O4S. The number of carboxylic acid groups (broad SMARTS) is 1. The van der Waals surface area contributed by atoms with Gasteiger partial charge >= 0.3 is 5.97 Å². The van der Waals surface area contributed by atoms with Crippen molar-refractivity contribution in [1.29, 1.82) is 0 Å². The van der Waals surface area contributed by atoms with Crippen molar-refractivity contribution in [1.82, 2.24) is 9.55 Å². The summed E-state index contributed by atoms with van der Waals surface area (Å²) in [5.74, 6) is -1.11. The van der Waals surface area contributed by atoms with Crippen LogP contribution in [0, 0.1) is 6.92 Å². The minimum absolute atomic E-state index is 0.0503. The Morgan fingerprint density at radius 3 is 2.71 bits per heavy atom. The molecule has 0 fully saturated rings. The zero-order valence-electron chi connectivity index (χ0n) is 11.6. The highest BCUT2D eigenvalue weighted by atomic mass is 32.2. The SMILES string of the molecule is CCn1cnc(S(=O)(=O)Nc2cccc(C(=O)O)c2C)c1. The molecule has 2 rings (SSSR count). The monoisotopic (exact) mass is 309 g/mol. The lowest BCUT2D eigenvalue weighted by Gasteiger charge is -2.10. The van der Waals surface area contributed by atoms with Crippen LogP contribution < -0.4 is 4.72 Å². The molecule has 0 radical (unpaired) electrons. The number of hydrogen-bond donors (Lipinski definition) is 2. The summed E-state index contributed by atoms with van der Waals surface area (Å²) >= 11 is 0. The van der Waals surface area contributed by atoms with E-state index in [1.165, 1.54) is 30.7 Å². The highest BCUT2D eigenvalue weighted by Crippen LogP contribution is 2.22. The quantitative estimate of drug-likeness (QED) is 0.875. The van der Waals surface area contributed by atoms with Gasteiger partial charge in [-0.3, -0.25) is 4.72 Å². The number of sulfonamides is 1. The molecule has 0 saturated carbocycles. The number of imidazole rings is 1. The fraction of sp³-hybridized carbons (Fsp3) is 0.231. The zero-order chi connectivity index (χ0) is 15.6. The minimum Gasteiger partial charge on any atom is -0.478 e. The van der Waals surface area contributed by atoms with Gasteiger partial charge in [0.25, 0.3) is 10.0 Å². The Morgan fingerprint density at radius 1 is 1.43 bits per heavy atom. The Kier molecular flexibility index (Phi) is 3.99. The van der Waals surface area contributed by atoms with Crippen molar-refractivity contribution >= 4 is 21.7 Å². The van der Waals surface area contributed by atoms with E-state index in [9.17, 15) is 13.2 Å². The average molecular weight is 309 g/mol. The van der Waals surface area contributed by atoms with Crippen LogP contribution in [0.5, 0.6) is 0 Å². The molecular weight excluding hydrogens is 294 g/mol. The van der Waals surface area contributed by atoms with Gasteiger partial charge in [-0.15, -0.1) is 0 Å². The summed E-state index contributed by atoms with van der Waals surface area (Å²) in [6.07, 6.45) is 2.84. The number of hydrogen-bond acceptors (Lipinski definition) is 4. The predicted octanol–water partition coefficient (Wildman–Crippen LogP) is 1.71. The zero-order valence-corrected chi connectivity index (χ0v) is 12.4. The highest BCUT2D eigenvalue weighted by Gasteiger charge is 2.19. The summed E-state index contributed by atoms with van der Waals surface area (Å²) in [5, 5.41) is 8.94. The number of aryl methyl sites for hydroxylation is 1. The second-order valence-corrected chi connectivity index (χ2v) is 6.06. The molecule has 2 N–H and O–H groups in total. The Balaban J connectivity index is 2.37. The Labute approximate surface area is 122 Å². The summed E-state index contributed by atoms with van der Waals surface area (Å²) < 4.78 is 28.5. The van der Waals surface area contributed by atoms with E-state index >= 15 is 0 Å². The molecule has 1 aromatic heterocycles. The van der Waals surface area contributed by atoms with Crippen LogP contribution in [0.25, 0.3) is 0 Å². The van der Waals surface area contributed by atoms with Gasteiger partial charge in [0, 0.05) is 12.7 Å². The third-order valence-electron chi connectivity index (χ3n) is 3.06. The maximum Gasteiger partial charge on any atom is 0.336 e. The molecule has 0 saturated heterocycles. The number of carbonyl (C=O) groups is 1. The van der Waals surface area contributed by atoms with Crippen LogP contribution >= 0.6 is 0 Å². The standard InChI is InChI=1S/C13H15N3O4S/c1-3-16-7-12(14-8-16)21(19,20)15-11-6-4-5-10(9(11)2)13(17)18/h4-8,15H,3H2,1-2H3,(H,17,18). The maximum atomic E-state index is 12.2. The molecule has 0 amide bonds. The van der Waals surface area contributed by atoms with Crippen molar-refractivity contribution < 1.29 is 18.3 Å². The fourth-order valence-corrected chi connectivity index (χ4v) is 2.90. The van der Waals surface area contributed by atoms with E-state index in [0.29, 0.717) is 12.1 Å². The molecule has 2 aromatic rings. The third kappa shape index (κ3) is 3.05. The van der Waals surface area contributed by atoms with Gasteiger partial charge < -0.3 is 9.67 Å². The number of nitrogens with zero attached hydrogens (tertiary/aromatic N) is 2. The van der Waals surface area contributed by atoms with Gasteiger partial charge in [-0.1, -0.05) is 6.07 Å². The van der Waals surface area contributed by atoms with Crippen LogP contribution in [0.1, 0.15) is 22.8 Å². The van der Waals surface area contributed by atoms with E-state index in [-0.39, 0.29) is 16.3 Å². The second kappa shape index (κ2) is 5.57. The van der Waals surface area contributed by atoms with E-state index in [1.807, 2.05) is 6.92 Å². The van der Waals surface area contributed by atoms with Crippen molar-refractivity contribution in [3.8, 4) is 0 Å². The molecule has 0 aliphatic carbocycles. The summed E-state index contributed by atoms with van der Waals surface area (Å²) in [4.78, 5) is 14.9. The summed E-state index contributed by atoms with van der Waals surface area (Å²) in [7, 11) is -3.84. The Hall–Kier alpha value is -2.35. The number of aromatic nitrogens is 2. The number of anilines is 1. The normalized spacial score (nSPS) is 11.3. The molecule has 7 nitrogen and oxygen atoms in total. The van der Waals surface area contributed by atoms with E-state index in [1.54, 1.807) is 11.5 Å². The van der Waals surface area contributed by atoms with Gasteiger partial charge in [-0.05, 0) is 31.5 Å². The molecule has 0 spiro atoms. The van der Waals surface area contributed by atoms with Gasteiger partial charge in [0.05, 0.1) is 17.6 Å². The molecule has 21 heavy (non-hydrogen) atoms. The first-order chi connectivity index (χ1) is 9.85. The van der Waals surface area contributed by atoms with Crippen molar-refractivity contribution in [3.05, 3.63) is 41.9 Å². The lowest BCUT2D eigenvalue weighted by Crippen LogP contribution is -2.15. The molecule has 1 aromatic carbocycles. The fourth-order valence-electron chi connectivity index (χ4n) is 1.83. The summed E-state index contributed by atoms with van der Waals surface area (Å²) in [5.41, 5.74) is 0.624. The molecule has 0 aliphatic heterocycles. The van der Waals surface area contributed by atoms with E-state index in [2.05, 4.69) is 9.71 Å². The number of aromatic carboxylic acids is 1. The Morgan fingerprint density at radius 2 is 2.14 bits per heavy atom. The first kappa shape index (κ1) is 15.0. The van der Waals surface area contributed by atoms with E-state index in [4.69, 9.17) is 5.11 Å². The lowest BCUT2D eigenvalue weighted by atomic mass is 10.1. The van der Waals surface area contributed by atoms with Crippen LogP contribution in [-0.2, 0) is 16.6 Å². The number of rotatable bonds is 5. The van der Waals surface area contributed by atoms with Gasteiger partial charge in [-0.2, -0.15) is 8.42 Å². The molecule has 112 valence electrons. The molecule has 0 aliphatic rings. The second-order valence-electron chi connectivity index (χ2n) is 4.43. The van der Waals surface area contributed by atoms with E-state index < -0.39 is 16.0 Å². The maximum absolute atomic E-state index is 12.2. The third-order valence-corrected chi connectivity index (χ3v) is 4.31. The van der Waals surface area contributed by atoms with Gasteiger partial charge in [-0.25, -0.2) is 9.78 Å². The van der Waals surface area contributed by atoms with Crippen LogP contribution in [0.2, 0.25) is 0 Å². The van der Waals surface area contributed by atoms with Gasteiger partial charge in [0.2, 0.25) is 0 Å². The topological polar surface area (TPSA) is 101 Å². The number of carboxylic acids is 1. The predicted molar refractivity (Wildman–Crippen MR) is 76.8 cm³/mol. The van der Waals surface area contributed by atoms with Crippen molar-refractivity contribution in [2.45, 2.75) is 25.4 Å². The van der Waals surface area contributed by atoms with Crippen molar-refractivity contribution in [3.63, 3.8) is 0 Å². The molecule has 8 heteroatoms. The van der Waals surface area contributed by atoms with Crippen LogP contribution in [0.15, 0.2) is 35.7 Å². The van der Waals surface area contributed by atoms with Gasteiger partial charge in [0.1, 0.15) is 0 Å². The summed E-state index contributed by atoms with van der Waals surface area (Å²) in [6, 6.07) is 4.41. The van der Waals surface area contributed by atoms with Crippen molar-refractivity contribution in [2.24, 2.45) is 0 Å². The molecule has 0 atom stereocenters. The van der Waals surface area contributed by atoms with Crippen LogP contribution in [0.4, 0.5) is 5.69 Å². The summed E-state index contributed by atoms with van der Waals surface area (Å²) in [6.45, 7) is 4.02. The van der Waals surface area contributed by atoms with Gasteiger partial charge in [0.15, 0.2) is 5.03 Å². The number of nitrogens with one attached hydrogen (secondary N) is 1. The first-order valence-corrected chi connectivity index (χ1v) is 7.71. The van der Waals surface area contributed by atoms with Crippen molar-refractivity contribution in [2.75, 3.05) is 4.72 Å². The smallest absolute Gasteiger partial charge is 0.336 e. The lowest BCUT2D eigenvalue weighted by molar-refractivity contribution is 0.0696. The van der Waals surface area contributed by atoms with Crippen LogP contribution in [0.3, 0.4) is 0 Å². The largest absolute Gasteiger partial charge is 0.478 e. The molecule has 0 unspecified atom stereocenters. The average Bonchev–Trinajstić information content (AvgIpc) is 2.90. The van der Waals surface area contributed by atoms with E-state index in [0.717, 1.165) is 0 Å². The minimum atomic E-state index is -3.84. The first-order valence-electron chi connectivity index (χ1n) is 6.22. The highest BCUT2D eigenvalue weighted by molar-refractivity contribution is 7.92. The molecule has 1 heterocycles. The van der Waals surface area contributed by atoms with Crippen LogP contribution in [-0.4, -0.2) is 29.0 Å².